The molecule has 0 N–H and O–H groups in total. The number of para-hydroxylation sites is 2. The summed E-state index contributed by atoms with van der Waals surface area (Å²) < 4.78 is 110. The van der Waals surface area contributed by atoms with E-state index in [2.05, 4.69) is 0 Å². The van der Waals surface area contributed by atoms with Gasteiger partial charge in [-0.15, -0.1) is 0 Å². The predicted octanol–water partition coefficient (Wildman–Crippen LogP) is 12.9. The van der Waals surface area contributed by atoms with E-state index >= 15 is 0 Å². The molecule has 0 unspecified atom stereocenters. The van der Waals surface area contributed by atoms with Crippen molar-refractivity contribution in [3.05, 3.63) is 194 Å². The van der Waals surface area contributed by atoms with E-state index in [9.17, 15) is 4.11 Å². The first-order valence-corrected chi connectivity index (χ1v) is 16.2. The minimum atomic E-state index is -0.488. The lowest BCUT2D eigenvalue weighted by atomic mass is 9.99. The number of rotatable bonds is 5. The van der Waals surface area contributed by atoms with Crippen molar-refractivity contribution in [3.63, 3.8) is 0 Å². The molecule has 0 saturated carbocycles. The van der Waals surface area contributed by atoms with Crippen LogP contribution in [-0.4, -0.2) is 9.13 Å². The minimum Gasteiger partial charge on any atom is -0.309 e. The molecule has 2 nitrogen and oxygen atoms in total. The van der Waals surface area contributed by atoms with Gasteiger partial charge in [-0.1, -0.05) is 127 Å². The van der Waals surface area contributed by atoms with Crippen LogP contribution in [0.3, 0.4) is 0 Å². The van der Waals surface area contributed by atoms with Crippen LogP contribution in [0, 0.1) is 0 Å². The van der Waals surface area contributed by atoms with Gasteiger partial charge in [-0.3, -0.25) is 0 Å². The molecule has 2 heteroatoms. The van der Waals surface area contributed by atoms with Gasteiger partial charge in [-0.25, -0.2) is 0 Å². The lowest BCUT2D eigenvalue weighted by Gasteiger charge is -2.11. The van der Waals surface area contributed by atoms with Gasteiger partial charge in [-0.2, -0.15) is 0 Å². The molecule has 0 aliphatic carbocycles. The van der Waals surface area contributed by atoms with Gasteiger partial charge in [0.25, 0.3) is 0 Å². The van der Waals surface area contributed by atoms with E-state index in [1.54, 1.807) is 28.8 Å². The number of aromatic nitrogens is 2. The first kappa shape index (κ1) is 18.8. The fourth-order valence-electron chi connectivity index (χ4n) is 6.96. The molecule has 10 aromatic rings. The largest absolute Gasteiger partial charge is 0.309 e. The summed E-state index contributed by atoms with van der Waals surface area (Å²) in [7, 11) is 0. The summed E-state index contributed by atoms with van der Waals surface area (Å²) >= 11 is 0. The fourth-order valence-corrected chi connectivity index (χ4v) is 6.96. The Morgan fingerprint density at radius 3 is 1.66 bits per heavy atom. The molecule has 234 valence electrons. The average Bonchev–Trinajstić information content (AvgIpc) is 3.83. The zero-order valence-corrected chi connectivity index (χ0v) is 26.4. The third-order valence-electron chi connectivity index (χ3n) is 9.23. The lowest BCUT2D eigenvalue weighted by Crippen LogP contribution is -1.94. The van der Waals surface area contributed by atoms with Crippen molar-refractivity contribution in [2.24, 2.45) is 0 Å². The Balaban J connectivity index is 1.28. The Bertz CT molecular complexity index is 3510. The molecule has 10 rings (SSSR count). The van der Waals surface area contributed by atoms with Crippen LogP contribution in [0.5, 0.6) is 0 Å². The maximum atomic E-state index is 9.84. The van der Waals surface area contributed by atoms with Crippen molar-refractivity contribution >= 4 is 43.6 Å². The molecule has 0 bridgehead atoms. The number of hydrogen-bond donors (Lipinski definition) is 0. The van der Waals surface area contributed by atoms with Crippen LogP contribution in [0.1, 0.15) is 16.4 Å². The van der Waals surface area contributed by atoms with Crippen LogP contribution in [0.15, 0.2) is 194 Å². The number of benzene rings is 8. The smallest absolute Gasteiger partial charge is 0.0645 e. The summed E-state index contributed by atoms with van der Waals surface area (Å²) in [5.74, 6) is 0. The molecule has 8 aromatic carbocycles. The SMILES string of the molecule is [2H]c1c([2H])c([2H])c(-c2ccc3c(c2)c2cc(-c4c([2H])c([2H])c5c(c4[2H])c4c([2H])c([2H])c([2H])c([2H])c4n5-c4cccc(-c5ccccc5)c4)ccc2n3-c2ccccc2)c([2H])c1[2H]. The second kappa shape index (κ2) is 11.5. The third kappa shape index (κ3) is 4.57. The highest BCUT2D eigenvalue weighted by Gasteiger charge is 2.17. The zero-order valence-electron chi connectivity index (χ0n) is 38.4. The summed E-state index contributed by atoms with van der Waals surface area (Å²) in [5, 5.41) is 1.52. The third-order valence-corrected chi connectivity index (χ3v) is 9.23. The van der Waals surface area contributed by atoms with Gasteiger partial charge in [0.05, 0.1) is 38.5 Å². The first-order valence-electron chi connectivity index (χ1n) is 22.2. The summed E-state index contributed by atoms with van der Waals surface area (Å²) in [6.07, 6.45) is 0. The van der Waals surface area contributed by atoms with Crippen molar-refractivity contribution in [2.75, 3.05) is 0 Å². The van der Waals surface area contributed by atoms with Crippen molar-refractivity contribution < 1.29 is 16.4 Å². The van der Waals surface area contributed by atoms with Crippen molar-refractivity contribution in [1.82, 2.24) is 9.13 Å². The second-order valence-electron chi connectivity index (χ2n) is 12.1. The second-order valence-corrected chi connectivity index (χ2v) is 12.1. The van der Waals surface area contributed by atoms with E-state index < -0.39 is 30.2 Å². The fraction of sp³-hybridized carbons (Fsp3) is 0. The van der Waals surface area contributed by atoms with Crippen LogP contribution in [-0.2, 0) is 0 Å². The van der Waals surface area contributed by atoms with Gasteiger partial charge < -0.3 is 9.13 Å². The van der Waals surface area contributed by atoms with Crippen LogP contribution in [0.2, 0.25) is 0 Å². The Kier molecular flexibility index (Phi) is 4.32. The molecule has 0 radical (unpaired) electrons. The molecule has 2 heterocycles. The first-order chi connectivity index (χ1) is 29.8. The van der Waals surface area contributed by atoms with Crippen molar-refractivity contribution in [1.29, 1.82) is 0 Å². The highest BCUT2D eigenvalue weighted by molar-refractivity contribution is 6.13. The normalized spacial score (nSPS) is 15.0. The Labute approximate surface area is 307 Å². The van der Waals surface area contributed by atoms with Crippen LogP contribution in [0.25, 0.3) is 88.4 Å². The molecule has 0 saturated heterocycles. The van der Waals surface area contributed by atoms with E-state index in [0.29, 0.717) is 27.6 Å². The predicted molar refractivity (Wildman–Crippen MR) is 211 cm³/mol. The molecule has 0 aliphatic rings. The minimum absolute atomic E-state index is 0.0520. The van der Waals surface area contributed by atoms with E-state index in [0.717, 1.165) is 27.8 Å². The van der Waals surface area contributed by atoms with Crippen LogP contribution in [0.4, 0.5) is 0 Å². The quantitative estimate of drug-likeness (QED) is 0.176. The standard InChI is InChI=1S/C48H32N2/c1-4-13-33(14-5-1)35-17-12-20-40(29-35)50-45-22-11-10-21-41(45)42-31-37(24-27-46(42)50)38-25-28-48-44(32-38)43-30-36(34-15-6-2-7-16-34)23-26-47(43)49(48)39-18-8-3-9-19-39/h1-32H/i2D,6D,7D,10D,11D,15D,16D,21D,22D,24D,27D,31D. The van der Waals surface area contributed by atoms with E-state index in [1.807, 2.05) is 102 Å². The topological polar surface area (TPSA) is 9.86 Å². The van der Waals surface area contributed by atoms with Crippen LogP contribution >= 0.6 is 0 Å². The highest BCUT2D eigenvalue weighted by atomic mass is 15.0. The molecule has 0 spiro atoms. The van der Waals surface area contributed by atoms with Gasteiger partial charge in [0.15, 0.2) is 0 Å². The maximum Gasteiger partial charge on any atom is 0.0645 e. The Morgan fingerprint density at radius 2 is 0.900 bits per heavy atom. The molecule has 0 amide bonds. The van der Waals surface area contributed by atoms with Gasteiger partial charge in [0.1, 0.15) is 0 Å². The summed E-state index contributed by atoms with van der Waals surface area (Å²) in [4.78, 5) is 0. The Hall–Kier alpha value is -6.64. The average molecular weight is 649 g/mol. The summed E-state index contributed by atoms with van der Waals surface area (Å²) in [5.41, 5.74) is 5.76. The molecule has 0 fully saturated rings. The van der Waals surface area contributed by atoms with E-state index in [1.165, 1.54) is 0 Å². The van der Waals surface area contributed by atoms with E-state index in [4.69, 9.17) is 12.3 Å². The van der Waals surface area contributed by atoms with Gasteiger partial charge >= 0.3 is 0 Å². The highest BCUT2D eigenvalue weighted by Crippen LogP contribution is 2.39. The lowest BCUT2D eigenvalue weighted by molar-refractivity contribution is 1.18. The summed E-state index contributed by atoms with van der Waals surface area (Å²) in [6, 6.07) is 33.1. The van der Waals surface area contributed by atoms with Crippen molar-refractivity contribution in [3.8, 4) is 44.8 Å². The summed E-state index contributed by atoms with van der Waals surface area (Å²) in [6.45, 7) is 0. The molecule has 50 heavy (non-hydrogen) atoms. The zero-order chi connectivity index (χ0) is 43.5. The van der Waals surface area contributed by atoms with Gasteiger partial charge in [0.2, 0.25) is 0 Å². The van der Waals surface area contributed by atoms with E-state index in [-0.39, 0.29) is 75.2 Å². The molecule has 0 aliphatic heterocycles. The van der Waals surface area contributed by atoms with Crippen molar-refractivity contribution in [2.45, 2.75) is 0 Å². The van der Waals surface area contributed by atoms with Gasteiger partial charge in [-0.05, 0) is 100 Å². The van der Waals surface area contributed by atoms with Gasteiger partial charge in [0, 0.05) is 32.9 Å². The molecular formula is C48H32N2. The maximum absolute atomic E-state index is 9.84. The number of nitrogens with zero attached hydrogens (tertiary/aromatic N) is 2. The Morgan fingerprint density at radius 1 is 0.320 bits per heavy atom. The molecule has 2 aromatic heterocycles. The molecule has 0 atom stereocenters. The molecular weight excluding hydrogens is 605 g/mol. The number of hydrogen-bond acceptors (Lipinski definition) is 0. The monoisotopic (exact) mass is 648 g/mol. The van der Waals surface area contributed by atoms with Crippen LogP contribution < -0.4 is 0 Å². The number of fused-ring (bicyclic) bond motifs is 6.